The number of nitrogens with zero attached hydrogens (tertiary/aromatic N) is 2. The van der Waals surface area contributed by atoms with E-state index in [1.165, 1.54) is 120 Å². The second-order valence-electron chi connectivity index (χ2n) is 15.6. The molecule has 0 N–H and O–H groups in total. The van der Waals surface area contributed by atoms with Gasteiger partial charge in [0.25, 0.3) is 0 Å². The first kappa shape index (κ1) is 35.8. The molecule has 0 atom stereocenters. The molecule has 0 amide bonds. The molecule has 0 aliphatic heterocycles. The summed E-state index contributed by atoms with van der Waals surface area (Å²) < 4.78 is 4.89. The summed E-state index contributed by atoms with van der Waals surface area (Å²) in [7, 11) is 0. The Hall–Kier alpha value is -6.64. The summed E-state index contributed by atoms with van der Waals surface area (Å²) >= 11 is 0. The van der Waals surface area contributed by atoms with Gasteiger partial charge in [-0.05, 0) is 107 Å². The summed E-state index contributed by atoms with van der Waals surface area (Å²) in [6, 6.07) is 72.1. The Kier molecular flexibility index (Phi) is 9.26. The standard InChI is InChI=1S/C54H42N2.C2H6/c1-4-14-38(15-5-1)40-22-32-52-48(36-40)46-18-8-10-20-50(46)55(52)44-28-24-42(25-29-44)54(34-12-3-13-35-54)43-26-30-45(31-27-43)56-51-21-11-9-19-47(51)49-37-41(23-33-53(49)56)39-16-6-2-7-17-39;1-2/h1-2,4-11,14-33,36-37H,3,12-13,34-35H2;1-2H3. The molecule has 2 nitrogen and oxygen atoms in total. The summed E-state index contributed by atoms with van der Waals surface area (Å²) in [6.45, 7) is 4.00. The number of hydrogen-bond donors (Lipinski definition) is 0. The van der Waals surface area contributed by atoms with Crippen LogP contribution in [0.2, 0.25) is 0 Å². The minimum absolute atomic E-state index is 0.00781. The fraction of sp³-hybridized carbons (Fsp3) is 0.143. The Morgan fingerprint density at radius 3 is 1.14 bits per heavy atom. The van der Waals surface area contributed by atoms with Gasteiger partial charge < -0.3 is 9.13 Å². The smallest absolute Gasteiger partial charge is 0.0541 e. The minimum atomic E-state index is -0.00781. The largest absolute Gasteiger partial charge is 0.309 e. The van der Waals surface area contributed by atoms with E-state index < -0.39 is 0 Å². The molecule has 11 rings (SSSR count). The molecule has 10 aromatic rings. The van der Waals surface area contributed by atoms with E-state index in [0.29, 0.717) is 0 Å². The van der Waals surface area contributed by atoms with Crippen LogP contribution >= 0.6 is 0 Å². The molecule has 1 saturated carbocycles. The number of para-hydroxylation sites is 2. The van der Waals surface area contributed by atoms with Crippen molar-refractivity contribution >= 4 is 43.6 Å². The number of fused-ring (bicyclic) bond motifs is 6. The van der Waals surface area contributed by atoms with Gasteiger partial charge in [0.15, 0.2) is 0 Å². The molecule has 2 heterocycles. The SMILES string of the molecule is CC.c1ccc(-c2ccc3c(c2)c2ccccc2n3-c2ccc(C3(c4ccc(-n5c6ccccc6c6cc(-c7ccccc7)ccc65)cc4)CCCCC3)cc2)cc1. The van der Waals surface area contributed by atoms with Crippen LogP contribution in [0.15, 0.2) is 194 Å². The summed E-state index contributed by atoms with van der Waals surface area (Å²) in [4.78, 5) is 0. The Morgan fingerprint density at radius 2 is 0.707 bits per heavy atom. The molecule has 0 radical (unpaired) electrons. The third-order valence-electron chi connectivity index (χ3n) is 12.6. The monoisotopic (exact) mass is 748 g/mol. The average molecular weight is 749 g/mol. The van der Waals surface area contributed by atoms with Crippen LogP contribution in [0.3, 0.4) is 0 Å². The van der Waals surface area contributed by atoms with Crippen molar-refractivity contribution in [2.24, 2.45) is 0 Å². The van der Waals surface area contributed by atoms with Crippen molar-refractivity contribution in [3.05, 3.63) is 205 Å². The molecule has 58 heavy (non-hydrogen) atoms. The van der Waals surface area contributed by atoms with Gasteiger partial charge in [-0.3, -0.25) is 0 Å². The van der Waals surface area contributed by atoms with Crippen LogP contribution in [-0.4, -0.2) is 9.13 Å². The van der Waals surface area contributed by atoms with Gasteiger partial charge in [0.2, 0.25) is 0 Å². The number of rotatable bonds is 6. The van der Waals surface area contributed by atoms with E-state index in [1.807, 2.05) is 13.8 Å². The highest BCUT2D eigenvalue weighted by Crippen LogP contribution is 2.46. The van der Waals surface area contributed by atoms with E-state index in [-0.39, 0.29) is 5.41 Å². The van der Waals surface area contributed by atoms with E-state index in [2.05, 4.69) is 203 Å². The normalized spacial score (nSPS) is 13.8. The van der Waals surface area contributed by atoms with Crippen LogP contribution in [0.4, 0.5) is 0 Å². The van der Waals surface area contributed by atoms with Crippen LogP contribution in [0.25, 0.3) is 77.2 Å². The fourth-order valence-electron chi connectivity index (χ4n) is 9.88. The zero-order chi connectivity index (χ0) is 39.1. The molecule has 0 bridgehead atoms. The molecule has 2 aromatic heterocycles. The van der Waals surface area contributed by atoms with Crippen molar-refractivity contribution in [2.75, 3.05) is 0 Å². The van der Waals surface area contributed by atoms with E-state index in [0.717, 1.165) is 0 Å². The predicted octanol–water partition coefficient (Wildman–Crippen LogP) is 15.5. The Morgan fingerprint density at radius 1 is 0.328 bits per heavy atom. The maximum Gasteiger partial charge on any atom is 0.0541 e. The average Bonchev–Trinajstić information content (AvgIpc) is 3.83. The van der Waals surface area contributed by atoms with Crippen molar-refractivity contribution in [3.8, 4) is 33.6 Å². The first-order chi connectivity index (χ1) is 28.7. The molecule has 0 saturated heterocycles. The van der Waals surface area contributed by atoms with Gasteiger partial charge in [0, 0.05) is 38.3 Å². The van der Waals surface area contributed by atoms with Crippen LogP contribution in [0.5, 0.6) is 0 Å². The van der Waals surface area contributed by atoms with Crippen LogP contribution in [-0.2, 0) is 5.41 Å². The highest BCUT2D eigenvalue weighted by atomic mass is 15.0. The third kappa shape index (κ3) is 5.94. The lowest BCUT2D eigenvalue weighted by Crippen LogP contribution is -2.30. The first-order valence-corrected chi connectivity index (χ1v) is 21.1. The second kappa shape index (κ2) is 15.0. The lowest BCUT2D eigenvalue weighted by atomic mass is 9.65. The van der Waals surface area contributed by atoms with E-state index in [4.69, 9.17) is 0 Å². The van der Waals surface area contributed by atoms with E-state index in [1.54, 1.807) is 0 Å². The van der Waals surface area contributed by atoms with Crippen molar-refractivity contribution in [1.82, 2.24) is 9.13 Å². The van der Waals surface area contributed by atoms with Gasteiger partial charge >= 0.3 is 0 Å². The minimum Gasteiger partial charge on any atom is -0.309 e. The lowest BCUT2D eigenvalue weighted by molar-refractivity contribution is 0.346. The van der Waals surface area contributed by atoms with Gasteiger partial charge in [-0.25, -0.2) is 0 Å². The van der Waals surface area contributed by atoms with Gasteiger partial charge in [-0.15, -0.1) is 0 Å². The third-order valence-corrected chi connectivity index (χ3v) is 12.6. The predicted molar refractivity (Wildman–Crippen MR) is 248 cm³/mol. The molecule has 0 unspecified atom stereocenters. The van der Waals surface area contributed by atoms with Crippen molar-refractivity contribution in [3.63, 3.8) is 0 Å². The summed E-state index contributed by atoms with van der Waals surface area (Å²) in [6.07, 6.45) is 6.13. The van der Waals surface area contributed by atoms with Gasteiger partial charge in [-0.2, -0.15) is 0 Å². The molecular formula is C56H48N2. The van der Waals surface area contributed by atoms with Crippen LogP contribution in [0.1, 0.15) is 57.1 Å². The Labute approximate surface area is 341 Å². The maximum atomic E-state index is 2.44. The van der Waals surface area contributed by atoms with Crippen LogP contribution < -0.4 is 0 Å². The zero-order valence-electron chi connectivity index (χ0n) is 33.4. The second-order valence-corrected chi connectivity index (χ2v) is 15.6. The van der Waals surface area contributed by atoms with Gasteiger partial charge in [0.1, 0.15) is 0 Å². The topological polar surface area (TPSA) is 9.86 Å². The molecule has 1 aliphatic carbocycles. The van der Waals surface area contributed by atoms with Gasteiger partial charge in [0.05, 0.1) is 22.1 Å². The first-order valence-electron chi connectivity index (χ1n) is 21.1. The molecule has 282 valence electrons. The zero-order valence-corrected chi connectivity index (χ0v) is 33.4. The number of hydrogen-bond acceptors (Lipinski definition) is 0. The van der Waals surface area contributed by atoms with E-state index in [9.17, 15) is 0 Å². The molecule has 1 aliphatic rings. The fourth-order valence-corrected chi connectivity index (χ4v) is 9.88. The summed E-state index contributed by atoms with van der Waals surface area (Å²) in [5.41, 5.74) is 15.2. The number of aromatic nitrogens is 2. The molecule has 1 fully saturated rings. The Bertz CT molecular complexity index is 2810. The number of benzene rings is 8. The van der Waals surface area contributed by atoms with Crippen LogP contribution in [0, 0.1) is 0 Å². The van der Waals surface area contributed by atoms with Crippen molar-refractivity contribution in [2.45, 2.75) is 51.4 Å². The van der Waals surface area contributed by atoms with E-state index >= 15 is 0 Å². The summed E-state index contributed by atoms with van der Waals surface area (Å²) in [5.74, 6) is 0. The molecule has 0 spiro atoms. The molecule has 2 heteroatoms. The molecular weight excluding hydrogens is 701 g/mol. The summed E-state index contributed by atoms with van der Waals surface area (Å²) in [5, 5.41) is 5.14. The van der Waals surface area contributed by atoms with Crippen molar-refractivity contribution < 1.29 is 0 Å². The molecule has 8 aromatic carbocycles. The highest BCUT2D eigenvalue weighted by molar-refractivity contribution is 6.11. The van der Waals surface area contributed by atoms with Gasteiger partial charge in [-0.1, -0.05) is 167 Å². The Balaban J connectivity index is 0.00000201. The maximum absolute atomic E-state index is 2.44. The highest BCUT2D eigenvalue weighted by Gasteiger charge is 2.36. The van der Waals surface area contributed by atoms with Crippen molar-refractivity contribution in [1.29, 1.82) is 0 Å². The lowest BCUT2D eigenvalue weighted by Gasteiger charge is -2.39. The quantitative estimate of drug-likeness (QED) is 0.160.